The average molecular weight is 166 g/mol. The van der Waals surface area contributed by atoms with Crippen LogP contribution in [0.1, 0.15) is 41.5 Å². The summed E-state index contributed by atoms with van der Waals surface area (Å²) in [5.41, 5.74) is 1.93. The third kappa shape index (κ3) is 3.25. The van der Waals surface area contributed by atoms with E-state index >= 15 is 0 Å². The molecule has 0 aliphatic carbocycles. The molecule has 0 radical (unpaired) electrons. The van der Waals surface area contributed by atoms with Gasteiger partial charge in [0.2, 0.25) is 0 Å². The van der Waals surface area contributed by atoms with Crippen molar-refractivity contribution in [2.45, 2.75) is 41.5 Å². The molecule has 0 fully saturated rings. The number of allylic oxidation sites excluding steroid dienone is 3. The predicted molar refractivity (Wildman–Crippen MR) is 57.2 cm³/mol. The molecule has 0 nitrogen and oxygen atoms in total. The highest BCUT2D eigenvalue weighted by Gasteiger charge is 2.26. The minimum absolute atomic E-state index is 0.242. The van der Waals surface area contributed by atoms with Gasteiger partial charge in [0.15, 0.2) is 0 Å². The highest BCUT2D eigenvalue weighted by Crippen LogP contribution is 2.38. The van der Waals surface area contributed by atoms with E-state index < -0.39 is 0 Å². The Bertz CT molecular complexity index is 165. The van der Waals surface area contributed by atoms with E-state index in [1.807, 2.05) is 6.08 Å². The fraction of sp³-hybridized carbons (Fsp3) is 0.667. The van der Waals surface area contributed by atoms with Crippen LogP contribution in [-0.2, 0) is 0 Å². The Kier molecular flexibility index (Phi) is 3.32. The number of rotatable bonds is 1. The zero-order valence-corrected chi connectivity index (χ0v) is 9.36. The molecule has 0 aromatic rings. The van der Waals surface area contributed by atoms with E-state index in [1.54, 1.807) is 0 Å². The smallest absolute Gasteiger partial charge is 0.0165 e. The van der Waals surface area contributed by atoms with Gasteiger partial charge >= 0.3 is 0 Å². The van der Waals surface area contributed by atoms with Gasteiger partial charge < -0.3 is 0 Å². The lowest BCUT2D eigenvalue weighted by atomic mass is 9.72. The molecule has 0 N–H and O–H groups in total. The normalized spacial score (nSPS) is 12.5. The number of hydrogen-bond donors (Lipinski definition) is 0. The zero-order chi connectivity index (χ0) is 9.99. The quantitative estimate of drug-likeness (QED) is 0.512. The summed E-state index contributed by atoms with van der Waals surface area (Å²) in [6.45, 7) is 17.2. The van der Waals surface area contributed by atoms with Crippen LogP contribution in [0, 0.1) is 10.8 Å². The average Bonchev–Trinajstić information content (AvgIpc) is 1.77. The zero-order valence-electron chi connectivity index (χ0n) is 9.36. The third-order valence-corrected chi connectivity index (χ3v) is 1.90. The highest BCUT2D eigenvalue weighted by molar-refractivity contribution is 5.22. The SMILES string of the molecule is C=CC=C(C(C)(C)C)C(C)(C)C. The molecule has 70 valence electrons. The minimum atomic E-state index is 0.242. The summed E-state index contributed by atoms with van der Waals surface area (Å²) in [5.74, 6) is 0. The van der Waals surface area contributed by atoms with E-state index in [0.717, 1.165) is 0 Å². The van der Waals surface area contributed by atoms with Crippen molar-refractivity contribution in [3.63, 3.8) is 0 Å². The molecule has 0 amide bonds. The Hall–Kier alpha value is -0.520. The van der Waals surface area contributed by atoms with Crippen molar-refractivity contribution in [1.29, 1.82) is 0 Å². The van der Waals surface area contributed by atoms with Crippen molar-refractivity contribution < 1.29 is 0 Å². The molecule has 0 bridgehead atoms. The van der Waals surface area contributed by atoms with Crippen LogP contribution in [0.4, 0.5) is 0 Å². The van der Waals surface area contributed by atoms with Crippen molar-refractivity contribution in [2.75, 3.05) is 0 Å². The molecule has 0 aromatic carbocycles. The Morgan fingerprint density at radius 2 is 1.25 bits per heavy atom. The van der Waals surface area contributed by atoms with E-state index in [0.29, 0.717) is 0 Å². The largest absolute Gasteiger partial charge is 0.0991 e. The first-order valence-corrected chi connectivity index (χ1v) is 4.53. The lowest BCUT2D eigenvalue weighted by Gasteiger charge is -2.33. The second-order valence-electron chi connectivity index (χ2n) is 5.32. The fourth-order valence-electron chi connectivity index (χ4n) is 1.74. The van der Waals surface area contributed by atoms with Crippen molar-refractivity contribution >= 4 is 0 Å². The van der Waals surface area contributed by atoms with Crippen LogP contribution in [0.25, 0.3) is 0 Å². The van der Waals surface area contributed by atoms with Gasteiger partial charge in [-0.15, -0.1) is 0 Å². The van der Waals surface area contributed by atoms with Crippen LogP contribution >= 0.6 is 0 Å². The molecule has 0 spiro atoms. The molecule has 0 heterocycles. The summed E-state index contributed by atoms with van der Waals surface area (Å²) in [6.07, 6.45) is 4.02. The maximum Gasteiger partial charge on any atom is -0.0165 e. The second-order valence-corrected chi connectivity index (χ2v) is 5.32. The monoisotopic (exact) mass is 166 g/mol. The predicted octanol–water partition coefficient (Wildman–Crippen LogP) is 4.19. The van der Waals surface area contributed by atoms with Crippen LogP contribution in [-0.4, -0.2) is 0 Å². The maximum absolute atomic E-state index is 3.75. The van der Waals surface area contributed by atoms with Gasteiger partial charge in [-0.1, -0.05) is 65.8 Å². The first kappa shape index (κ1) is 11.5. The van der Waals surface area contributed by atoms with Crippen molar-refractivity contribution in [3.8, 4) is 0 Å². The van der Waals surface area contributed by atoms with Crippen molar-refractivity contribution in [2.24, 2.45) is 10.8 Å². The molecule has 0 saturated heterocycles. The second kappa shape index (κ2) is 3.47. The lowest BCUT2D eigenvalue weighted by Crippen LogP contribution is -2.22. The van der Waals surface area contributed by atoms with Gasteiger partial charge in [0.05, 0.1) is 0 Å². The fourth-order valence-corrected chi connectivity index (χ4v) is 1.74. The van der Waals surface area contributed by atoms with Crippen LogP contribution in [0.3, 0.4) is 0 Å². The first-order chi connectivity index (χ1) is 5.19. The highest BCUT2D eigenvalue weighted by atomic mass is 14.3. The Morgan fingerprint density at radius 3 is 1.33 bits per heavy atom. The maximum atomic E-state index is 3.75. The van der Waals surface area contributed by atoms with Crippen LogP contribution < -0.4 is 0 Å². The molecule has 0 rings (SSSR count). The molecule has 12 heavy (non-hydrogen) atoms. The first-order valence-electron chi connectivity index (χ1n) is 4.53. The molecule has 0 atom stereocenters. The van der Waals surface area contributed by atoms with Gasteiger partial charge in [-0.2, -0.15) is 0 Å². The van der Waals surface area contributed by atoms with Crippen molar-refractivity contribution in [1.82, 2.24) is 0 Å². The molecular formula is C12H22. The number of hydrogen-bond acceptors (Lipinski definition) is 0. The summed E-state index contributed by atoms with van der Waals surface area (Å²) in [7, 11) is 0. The van der Waals surface area contributed by atoms with Gasteiger partial charge in [-0.3, -0.25) is 0 Å². The Morgan fingerprint density at radius 1 is 0.917 bits per heavy atom. The van der Waals surface area contributed by atoms with Gasteiger partial charge in [0.25, 0.3) is 0 Å². The molecular weight excluding hydrogens is 144 g/mol. The van der Waals surface area contributed by atoms with Gasteiger partial charge in [-0.25, -0.2) is 0 Å². The van der Waals surface area contributed by atoms with E-state index in [4.69, 9.17) is 0 Å². The summed E-state index contributed by atoms with van der Waals surface area (Å²) < 4.78 is 0. The molecule has 0 unspecified atom stereocenters. The Labute approximate surface area is 77.4 Å². The lowest BCUT2D eigenvalue weighted by molar-refractivity contribution is 0.362. The van der Waals surface area contributed by atoms with Crippen LogP contribution in [0.5, 0.6) is 0 Å². The summed E-state index contributed by atoms with van der Waals surface area (Å²) in [5, 5.41) is 0. The van der Waals surface area contributed by atoms with Crippen LogP contribution in [0.15, 0.2) is 24.3 Å². The third-order valence-electron chi connectivity index (χ3n) is 1.90. The molecule has 0 saturated carbocycles. The van der Waals surface area contributed by atoms with Crippen LogP contribution in [0.2, 0.25) is 0 Å². The minimum Gasteiger partial charge on any atom is -0.0991 e. The van der Waals surface area contributed by atoms with Gasteiger partial charge in [0.1, 0.15) is 0 Å². The summed E-state index contributed by atoms with van der Waals surface area (Å²) in [6, 6.07) is 0. The van der Waals surface area contributed by atoms with Gasteiger partial charge in [-0.05, 0) is 10.8 Å². The molecule has 0 heteroatoms. The standard InChI is InChI=1S/C12H22/c1-8-9-10(11(2,3)4)12(5,6)7/h8-9H,1H2,2-7H3. The van der Waals surface area contributed by atoms with Gasteiger partial charge in [0, 0.05) is 0 Å². The molecule has 0 aromatic heterocycles. The topological polar surface area (TPSA) is 0 Å². The summed E-state index contributed by atoms with van der Waals surface area (Å²) >= 11 is 0. The molecule has 0 aliphatic rings. The summed E-state index contributed by atoms with van der Waals surface area (Å²) in [4.78, 5) is 0. The molecule has 0 aliphatic heterocycles. The Balaban J connectivity index is 4.95. The van der Waals surface area contributed by atoms with Crippen molar-refractivity contribution in [3.05, 3.63) is 24.3 Å². The van der Waals surface area contributed by atoms with E-state index in [2.05, 4.69) is 54.2 Å². The van der Waals surface area contributed by atoms with E-state index in [9.17, 15) is 0 Å². The van der Waals surface area contributed by atoms with E-state index in [-0.39, 0.29) is 10.8 Å². The van der Waals surface area contributed by atoms with E-state index in [1.165, 1.54) is 5.57 Å².